The smallest absolute Gasteiger partial charge is 0.125 e. The van der Waals surface area contributed by atoms with Crippen LogP contribution in [0, 0.1) is 0 Å². The topological polar surface area (TPSA) is 43.4 Å². The van der Waals surface area contributed by atoms with E-state index in [0.717, 1.165) is 22.7 Å². The molecule has 0 amide bonds. The normalized spacial score (nSPS) is 10.2. The van der Waals surface area contributed by atoms with Crippen molar-refractivity contribution < 1.29 is 9.47 Å². The summed E-state index contributed by atoms with van der Waals surface area (Å²) < 4.78 is 10.8. The summed E-state index contributed by atoms with van der Waals surface area (Å²) in [5.41, 5.74) is 2.23. The van der Waals surface area contributed by atoms with Gasteiger partial charge < -0.3 is 14.8 Å². The van der Waals surface area contributed by atoms with E-state index in [0.29, 0.717) is 13.2 Å². The molecule has 100 valence electrons. The molecule has 0 saturated carbocycles. The van der Waals surface area contributed by atoms with E-state index in [1.807, 2.05) is 43.4 Å². The lowest BCUT2D eigenvalue weighted by Crippen LogP contribution is -1.97. The summed E-state index contributed by atoms with van der Waals surface area (Å²) in [6, 6.07) is 11.8. The van der Waals surface area contributed by atoms with E-state index in [-0.39, 0.29) is 0 Å². The molecule has 0 unspecified atom stereocenters. The Labute approximate surface area is 113 Å². The Balaban J connectivity index is 1.85. The summed E-state index contributed by atoms with van der Waals surface area (Å²) in [6.45, 7) is 1.16. The summed E-state index contributed by atoms with van der Waals surface area (Å²) in [7, 11) is 3.51. The van der Waals surface area contributed by atoms with E-state index >= 15 is 0 Å². The Morgan fingerprint density at radius 2 is 1.79 bits per heavy atom. The molecule has 0 aliphatic carbocycles. The van der Waals surface area contributed by atoms with Crippen molar-refractivity contribution in [3.63, 3.8) is 0 Å². The van der Waals surface area contributed by atoms with Crippen molar-refractivity contribution in [3.05, 3.63) is 53.7 Å². The summed E-state index contributed by atoms with van der Waals surface area (Å²) in [4.78, 5) is 4.16. The number of anilines is 1. The molecule has 1 aromatic heterocycles. The zero-order valence-electron chi connectivity index (χ0n) is 11.2. The van der Waals surface area contributed by atoms with Crippen molar-refractivity contribution >= 4 is 5.82 Å². The first-order chi connectivity index (χ1) is 9.31. The predicted molar refractivity (Wildman–Crippen MR) is 75.3 cm³/mol. The molecule has 0 aliphatic heterocycles. The molecule has 0 saturated heterocycles. The van der Waals surface area contributed by atoms with Gasteiger partial charge >= 0.3 is 0 Å². The molecule has 2 aromatic rings. The SMILES string of the molecule is CNc1cc(COCc2ccc(OC)cc2)ccn1. The van der Waals surface area contributed by atoms with E-state index in [9.17, 15) is 0 Å². The summed E-state index contributed by atoms with van der Waals surface area (Å²) in [5, 5.41) is 3.01. The second-order valence-electron chi connectivity index (χ2n) is 4.14. The number of nitrogens with zero attached hydrogens (tertiary/aromatic N) is 1. The first-order valence-corrected chi connectivity index (χ1v) is 6.15. The van der Waals surface area contributed by atoms with Gasteiger partial charge in [-0.25, -0.2) is 4.98 Å². The van der Waals surface area contributed by atoms with Gasteiger partial charge in [-0.15, -0.1) is 0 Å². The fourth-order valence-electron chi connectivity index (χ4n) is 1.71. The molecule has 0 radical (unpaired) electrons. The fraction of sp³-hybridized carbons (Fsp3) is 0.267. The first kappa shape index (κ1) is 13.4. The van der Waals surface area contributed by atoms with Gasteiger partial charge in [0.1, 0.15) is 11.6 Å². The largest absolute Gasteiger partial charge is 0.497 e. The number of hydrogen-bond acceptors (Lipinski definition) is 4. The van der Waals surface area contributed by atoms with Crippen LogP contribution in [0.3, 0.4) is 0 Å². The molecule has 2 rings (SSSR count). The van der Waals surface area contributed by atoms with E-state index in [1.165, 1.54) is 0 Å². The molecule has 4 nitrogen and oxygen atoms in total. The van der Waals surface area contributed by atoms with Crippen molar-refractivity contribution in [2.45, 2.75) is 13.2 Å². The summed E-state index contributed by atoms with van der Waals surface area (Å²) in [6.07, 6.45) is 1.78. The van der Waals surface area contributed by atoms with Gasteiger partial charge in [-0.2, -0.15) is 0 Å². The number of pyridine rings is 1. The molecule has 19 heavy (non-hydrogen) atoms. The van der Waals surface area contributed by atoms with Gasteiger partial charge in [-0.3, -0.25) is 0 Å². The summed E-state index contributed by atoms with van der Waals surface area (Å²) in [5.74, 6) is 1.71. The molecule has 0 aliphatic rings. The molecular weight excluding hydrogens is 240 g/mol. The first-order valence-electron chi connectivity index (χ1n) is 6.15. The molecule has 1 heterocycles. The van der Waals surface area contributed by atoms with Gasteiger partial charge in [-0.1, -0.05) is 12.1 Å². The minimum Gasteiger partial charge on any atom is -0.497 e. The Hall–Kier alpha value is -2.07. The van der Waals surface area contributed by atoms with Gasteiger partial charge in [0.05, 0.1) is 20.3 Å². The van der Waals surface area contributed by atoms with Gasteiger partial charge in [0.2, 0.25) is 0 Å². The van der Waals surface area contributed by atoms with Crippen LogP contribution in [-0.4, -0.2) is 19.1 Å². The fourth-order valence-corrected chi connectivity index (χ4v) is 1.71. The van der Waals surface area contributed by atoms with Gasteiger partial charge in [0, 0.05) is 13.2 Å². The van der Waals surface area contributed by atoms with E-state index in [1.54, 1.807) is 13.3 Å². The van der Waals surface area contributed by atoms with E-state index < -0.39 is 0 Å². The standard InChI is InChI=1S/C15H18N2O2/c1-16-15-9-13(7-8-17-15)11-19-10-12-3-5-14(18-2)6-4-12/h3-9H,10-11H2,1-2H3,(H,16,17). The number of nitrogens with one attached hydrogen (secondary N) is 1. The highest BCUT2D eigenvalue weighted by Crippen LogP contribution is 2.13. The number of methoxy groups -OCH3 is 1. The zero-order valence-corrected chi connectivity index (χ0v) is 11.2. The maximum atomic E-state index is 5.68. The molecule has 0 spiro atoms. The van der Waals surface area contributed by atoms with Crippen LogP contribution in [0.25, 0.3) is 0 Å². The van der Waals surface area contributed by atoms with Crippen LogP contribution in [0.4, 0.5) is 5.82 Å². The van der Waals surface area contributed by atoms with E-state index in [2.05, 4.69) is 10.3 Å². The predicted octanol–water partition coefficient (Wildman–Crippen LogP) is 2.85. The number of benzene rings is 1. The van der Waals surface area contributed by atoms with E-state index in [4.69, 9.17) is 9.47 Å². The molecular formula is C15H18N2O2. The second-order valence-corrected chi connectivity index (χ2v) is 4.14. The quantitative estimate of drug-likeness (QED) is 0.865. The lowest BCUT2D eigenvalue weighted by molar-refractivity contribution is 0.107. The molecule has 0 atom stereocenters. The molecule has 4 heteroatoms. The van der Waals surface area contributed by atoms with Gasteiger partial charge in [0.15, 0.2) is 0 Å². The van der Waals surface area contributed by atoms with Crippen LogP contribution in [0.1, 0.15) is 11.1 Å². The van der Waals surface area contributed by atoms with Crippen LogP contribution in [0.5, 0.6) is 5.75 Å². The molecule has 0 bridgehead atoms. The Kier molecular flexibility index (Phi) is 4.75. The third-order valence-electron chi connectivity index (χ3n) is 2.78. The highest BCUT2D eigenvalue weighted by molar-refractivity contribution is 5.36. The Bertz CT molecular complexity index is 512. The Morgan fingerprint density at radius 3 is 2.47 bits per heavy atom. The number of rotatable bonds is 6. The van der Waals surface area contributed by atoms with Crippen molar-refractivity contribution in [1.29, 1.82) is 0 Å². The third kappa shape index (κ3) is 3.96. The average Bonchev–Trinajstić information content (AvgIpc) is 2.48. The van der Waals surface area contributed by atoms with Gasteiger partial charge in [0.25, 0.3) is 0 Å². The van der Waals surface area contributed by atoms with Gasteiger partial charge in [-0.05, 0) is 35.4 Å². The van der Waals surface area contributed by atoms with Crippen LogP contribution in [-0.2, 0) is 18.0 Å². The number of ether oxygens (including phenoxy) is 2. The highest BCUT2D eigenvalue weighted by atomic mass is 16.5. The number of hydrogen-bond donors (Lipinski definition) is 1. The molecule has 1 aromatic carbocycles. The average molecular weight is 258 g/mol. The second kappa shape index (κ2) is 6.75. The van der Waals surface area contributed by atoms with Crippen LogP contribution in [0.2, 0.25) is 0 Å². The van der Waals surface area contributed by atoms with Crippen molar-refractivity contribution in [2.24, 2.45) is 0 Å². The number of aromatic nitrogens is 1. The van der Waals surface area contributed by atoms with Crippen LogP contribution in [0.15, 0.2) is 42.6 Å². The lowest BCUT2D eigenvalue weighted by atomic mass is 10.2. The van der Waals surface area contributed by atoms with Crippen molar-refractivity contribution in [2.75, 3.05) is 19.5 Å². The van der Waals surface area contributed by atoms with Crippen molar-refractivity contribution in [1.82, 2.24) is 4.98 Å². The highest BCUT2D eigenvalue weighted by Gasteiger charge is 1.98. The minimum absolute atomic E-state index is 0.573. The van der Waals surface area contributed by atoms with Crippen LogP contribution < -0.4 is 10.1 Å². The summed E-state index contributed by atoms with van der Waals surface area (Å²) >= 11 is 0. The van der Waals surface area contributed by atoms with Crippen molar-refractivity contribution in [3.8, 4) is 5.75 Å². The molecule has 1 N–H and O–H groups in total. The van der Waals surface area contributed by atoms with Crippen LogP contribution >= 0.6 is 0 Å². The maximum absolute atomic E-state index is 5.68. The third-order valence-corrected chi connectivity index (χ3v) is 2.78. The monoisotopic (exact) mass is 258 g/mol. The lowest BCUT2D eigenvalue weighted by Gasteiger charge is -2.07. The molecule has 0 fully saturated rings. The minimum atomic E-state index is 0.573. The zero-order chi connectivity index (χ0) is 13.5. The maximum Gasteiger partial charge on any atom is 0.125 e. The Morgan fingerprint density at radius 1 is 1.05 bits per heavy atom.